The van der Waals surface area contributed by atoms with Gasteiger partial charge in [-0.25, -0.2) is 4.98 Å². The third kappa shape index (κ3) is 2.43. The van der Waals surface area contributed by atoms with Gasteiger partial charge in [-0.1, -0.05) is 5.18 Å². The molecule has 1 heterocycles. The van der Waals surface area contributed by atoms with Gasteiger partial charge in [0, 0.05) is 12.8 Å². The second-order valence-electron chi connectivity index (χ2n) is 2.29. The summed E-state index contributed by atoms with van der Waals surface area (Å²) in [7, 11) is 0. The molecule has 0 radical (unpaired) electrons. The van der Waals surface area contributed by atoms with Crippen molar-refractivity contribution in [1.82, 2.24) is 9.55 Å². The standard InChI is InChI=1S/C7H11N3O2/c1-2-12-6-10-4-7(3-9-11)8-5-10/h4-5H,2-3,6H2,1H3. The van der Waals surface area contributed by atoms with Crippen molar-refractivity contribution in [2.24, 2.45) is 5.18 Å². The maximum absolute atomic E-state index is 9.87. The van der Waals surface area contributed by atoms with Gasteiger partial charge < -0.3 is 9.30 Å². The molecule has 0 amide bonds. The third-order valence-corrected chi connectivity index (χ3v) is 1.36. The van der Waals surface area contributed by atoms with Gasteiger partial charge in [-0.05, 0) is 6.92 Å². The van der Waals surface area contributed by atoms with E-state index in [0.717, 1.165) is 0 Å². The monoisotopic (exact) mass is 169 g/mol. The van der Waals surface area contributed by atoms with Crippen LogP contribution in [0.2, 0.25) is 0 Å². The Morgan fingerprint density at radius 1 is 1.75 bits per heavy atom. The first-order valence-corrected chi connectivity index (χ1v) is 3.74. The van der Waals surface area contributed by atoms with Gasteiger partial charge in [0.2, 0.25) is 0 Å². The third-order valence-electron chi connectivity index (χ3n) is 1.36. The van der Waals surface area contributed by atoms with E-state index in [1.165, 1.54) is 0 Å². The average Bonchev–Trinajstić information content (AvgIpc) is 2.50. The van der Waals surface area contributed by atoms with Crippen LogP contribution < -0.4 is 0 Å². The molecule has 12 heavy (non-hydrogen) atoms. The first kappa shape index (κ1) is 8.86. The second kappa shape index (κ2) is 4.61. The summed E-state index contributed by atoms with van der Waals surface area (Å²) >= 11 is 0. The predicted octanol–water partition coefficient (Wildman–Crippen LogP) is 1.14. The topological polar surface area (TPSA) is 56.5 Å². The van der Waals surface area contributed by atoms with Gasteiger partial charge in [0.05, 0.1) is 12.0 Å². The molecule has 0 bridgehead atoms. The summed E-state index contributed by atoms with van der Waals surface area (Å²) in [6.45, 7) is 3.19. The highest BCUT2D eigenvalue weighted by Gasteiger charge is 1.96. The van der Waals surface area contributed by atoms with Gasteiger partial charge in [-0.3, -0.25) is 0 Å². The quantitative estimate of drug-likeness (QED) is 0.621. The van der Waals surface area contributed by atoms with Gasteiger partial charge in [0.15, 0.2) is 0 Å². The van der Waals surface area contributed by atoms with E-state index in [0.29, 0.717) is 19.0 Å². The van der Waals surface area contributed by atoms with Crippen molar-refractivity contribution >= 4 is 0 Å². The largest absolute Gasteiger partial charge is 0.361 e. The van der Waals surface area contributed by atoms with Crippen LogP contribution in [-0.2, 0) is 18.0 Å². The van der Waals surface area contributed by atoms with Crippen molar-refractivity contribution < 1.29 is 4.74 Å². The van der Waals surface area contributed by atoms with E-state index in [1.807, 2.05) is 6.92 Å². The molecule has 1 aromatic heterocycles. The van der Waals surface area contributed by atoms with Crippen LogP contribution in [0.25, 0.3) is 0 Å². The summed E-state index contributed by atoms with van der Waals surface area (Å²) in [5.41, 5.74) is 0.671. The molecule has 0 atom stereocenters. The van der Waals surface area contributed by atoms with Crippen molar-refractivity contribution in [3.8, 4) is 0 Å². The highest BCUT2D eigenvalue weighted by molar-refractivity contribution is 4.95. The molecule has 5 heteroatoms. The van der Waals surface area contributed by atoms with E-state index in [-0.39, 0.29) is 6.54 Å². The number of nitroso groups, excluding NO2 is 1. The van der Waals surface area contributed by atoms with E-state index < -0.39 is 0 Å². The van der Waals surface area contributed by atoms with Gasteiger partial charge >= 0.3 is 0 Å². The molecule has 0 spiro atoms. The molecule has 0 fully saturated rings. The zero-order valence-corrected chi connectivity index (χ0v) is 6.93. The second-order valence-corrected chi connectivity index (χ2v) is 2.29. The minimum atomic E-state index is 0.124. The molecule has 1 aromatic rings. The van der Waals surface area contributed by atoms with E-state index >= 15 is 0 Å². The molecule has 0 aliphatic heterocycles. The molecule has 0 aromatic carbocycles. The van der Waals surface area contributed by atoms with Crippen LogP contribution in [-0.4, -0.2) is 16.2 Å². The first-order chi connectivity index (χ1) is 5.86. The smallest absolute Gasteiger partial charge is 0.125 e. The molecular weight excluding hydrogens is 158 g/mol. The van der Waals surface area contributed by atoms with Crippen molar-refractivity contribution in [2.45, 2.75) is 20.2 Å². The number of rotatable bonds is 5. The molecule has 0 saturated carbocycles. The van der Waals surface area contributed by atoms with E-state index in [2.05, 4.69) is 10.2 Å². The normalized spacial score (nSPS) is 10.1. The molecule has 0 saturated heterocycles. The van der Waals surface area contributed by atoms with Crippen LogP contribution in [0.1, 0.15) is 12.6 Å². The SMILES string of the molecule is CCOCn1cnc(CN=O)c1. The van der Waals surface area contributed by atoms with Gasteiger partial charge in [0.25, 0.3) is 0 Å². The van der Waals surface area contributed by atoms with E-state index in [4.69, 9.17) is 4.74 Å². The summed E-state index contributed by atoms with van der Waals surface area (Å²) in [6, 6.07) is 0. The predicted molar refractivity (Wildman–Crippen MR) is 43.4 cm³/mol. The van der Waals surface area contributed by atoms with Crippen molar-refractivity contribution in [3.05, 3.63) is 23.1 Å². The number of hydrogen-bond donors (Lipinski definition) is 0. The zero-order valence-electron chi connectivity index (χ0n) is 6.93. The molecule has 0 aliphatic carbocycles. The first-order valence-electron chi connectivity index (χ1n) is 3.74. The van der Waals surface area contributed by atoms with Crippen LogP contribution >= 0.6 is 0 Å². The number of aromatic nitrogens is 2. The fourth-order valence-electron chi connectivity index (χ4n) is 0.821. The molecular formula is C7H11N3O2. The summed E-state index contributed by atoms with van der Waals surface area (Å²) in [4.78, 5) is 13.8. The van der Waals surface area contributed by atoms with Gasteiger partial charge in [-0.2, -0.15) is 4.91 Å². The highest BCUT2D eigenvalue weighted by atomic mass is 16.5. The molecule has 0 aliphatic rings. The lowest BCUT2D eigenvalue weighted by molar-refractivity contribution is 0.0877. The lowest BCUT2D eigenvalue weighted by atomic mass is 10.5. The Bertz CT molecular complexity index is 247. The fourth-order valence-corrected chi connectivity index (χ4v) is 0.821. The number of imidazole rings is 1. The number of ether oxygens (including phenoxy) is 1. The Kier molecular flexibility index (Phi) is 3.40. The minimum absolute atomic E-state index is 0.124. The summed E-state index contributed by atoms with van der Waals surface area (Å²) in [5.74, 6) is 0. The average molecular weight is 169 g/mol. The van der Waals surface area contributed by atoms with Crippen molar-refractivity contribution in [3.63, 3.8) is 0 Å². The number of nitrogens with zero attached hydrogens (tertiary/aromatic N) is 3. The van der Waals surface area contributed by atoms with Crippen molar-refractivity contribution in [1.29, 1.82) is 0 Å². The van der Waals surface area contributed by atoms with Gasteiger partial charge in [0.1, 0.15) is 13.3 Å². The molecule has 5 nitrogen and oxygen atoms in total. The minimum Gasteiger partial charge on any atom is -0.361 e. The van der Waals surface area contributed by atoms with Crippen LogP contribution in [0.4, 0.5) is 0 Å². The Balaban J connectivity index is 2.46. The molecule has 1 rings (SSSR count). The van der Waals surface area contributed by atoms with Gasteiger partial charge in [-0.15, -0.1) is 0 Å². The lowest BCUT2D eigenvalue weighted by Gasteiger charge is -1.99. The Labute approximate surface area is 70.3 Å². The Morgan fingerprint density at radius 3 is 3.25 bits per heavy atom. The molecule has 66 valence electrons. The Morgan fingerprint density at radius 2 is 2.58 bits per heavy atom. The summed E-state index contributed by atoms with van der Waals surface area (Å²) < 4.78 is 6.89. The molecule has 0 unspecified atom stereocenters. The zero-order chi connectivity index (χ0) is 8.81. The van der Waals surface area contributed by atoms with Crippen LogP contribution in [0, 0.1) is 4.91 Å². The van der Waals surface area contributed by atoms with Crippen LogP contribution in [0.15, 0.2) is 17.7 Å². The highest BCUT2D eigenvalue weighted by Crippen LogP contribution is 1.97. The maximum Gasteiger partial charge on any atom is 0.125 e. The summed E-state index contributed by atoms with van der Waals surface area (Å²) in [5, 5.41) is 2.73. The van der Waals surface area contributed by atoms with E-state index in [1.54, 1.807) is 17.1 Å². The lowest BCUT2D eigenvalue weighted by Crippen LogP contribution is -1.98. The fraction of sp³-hybridized carbons (Fsp3) is 0.571. The van der Waals surface area contributed by atoms with E-state index in [9.17, 15) is 4.91 Å². The summed E-state index contributed by atoms with van der Waals surface area (Å²) in [6.07, 6.45) is 3.37. The van der Waals surface area contributed by atoms with Crippen LogP contribution in [0.5, 0.6) is 0 Å². The molecule has 0 N–H and O–H groups in total. The maximum atomic E-state index is 9.87. The van der Waals surface area contributed by atoms with Crippen molar-refractivity contribution in [2.75, 3.05) is 6.61 Å². The van der Waals surface area contributed by atoms with Crippen LogP contribution in [0.3, 0.4) is 0 Å². The Hall–Kier alpha value is -1.23. The number of hydrogen-bond acceptors (Lipinski definition) is 4.